The number of sulfonamides is 1. The predicted molar refractivity (Wildman–Crippen MR) is 109 cm³/mol. The van der Waals surface area contributed by atoms with Gasteiger partial charge in [0.25, 0.3) is 15.9 Å². The summed E-state index contributed by atoms with van der Waals surface area (Å²) >= 11 is 1.58. The lowest BCUT2D eigenvalue weighted by atomic mass is 10.2. The minimum atomic E-state index is -3.85. The summed E-state index contributed by atoms with van der Waals surface area (Å²) in [7, 11) is -2.13. The molecule has 0 aliphatic heterocycles. The predicted octanol–water partition coefficient (Wildman–Crippen LogP) is 4.27. The number of aryl methyl sites for hydroxylation is 1. The summed E-state index contributed by atoms with van der Waals surface area (Å²) in [4.78, 5) is 15.2. The molecule has 0 atom stereocenters. The monoisotopic (exact) mass is 418 g/mol. The first-order valence-electron chi connectivity index (χ1n) is 8.43. The maximum atomic E-state index is 13.4. The standard InChI is InChI=1S/C20H19FN2O3S2/c1-14-12-18(9-10-19(14)21)28(25,26)22-16-7-5-15(6-8-16)20(24)23(2)13-17-4-3-11-27-17/h3-12,22H,13H2,1-2H3. The van der Waals surface area contributed by atoms with E-state index in [9.17, 15) is 17.6 Å². The Kier molecular flexibility index (Phi) is 5.81. The van der Waals surface area contributed by atoms with E-state index in [1.807, 2.05) is 17.5 Å². The van der Waals surface area contributed by atoms with E-state index in [2.05, 4.69) is 4.72 Å². The molecule has 0 aliphatic carbocycles. The fourth-order valence-electron chi connectivity index (χ4n) is 2.61. The second-order valence-electron chi connectivity index (χ2n) is 6.33. The van der Waals surface area contributed by atoms with Gasteiger partial charge in [0.2, 0.25) is 0 Å². The van der Waals surface area contributed by atoms with Gasteiger partial charge in [-0.05, 0) is 66.4 Å². The zero-order valence-electron chi connectivity index (χ0n) is 15.3. The van der Waals surface area contributed by atoms with E-state index in [0.29, 0.717) is 17.8 Å². The van der Waals surface area contributed by atoms with Gasteiger partial charge in [-0.1, -0.05) is 6.07 Å². The van der Waals surface area contributed by atoms with Crippen LogP contribution >= 0.6 is 11.3 Å². The van der Waals surface area contributed by atoms with Gasteiger partial charge >= 0.3 is 0 Å². The number of hydrogen-bond donors (Lipinski definition) is 1. The summed E-state index contributed by atoms with van der Waals surface area (Å²) in [6.45, 7) is 2.01. The summed E-state index contributed by atoms with van der Waals surface area (Å²) in [5.41, 5.74) is 1.02. The fraction of sp³-hybridized carbons (Fsp3) is 0.150. The third-order valence-corrected chi connectivity index (χ3v) is 6.38. The maximum Gasteiger partial charge on any atom is 0.261 e. The molecule has 0 bridgehead atoms. The van der Waals surface area contributed by atoms with Crippen LogP contribution < -0.4 is 4.72 Å². The van der Waals surface area contributed by atoms with Crippen LogP contribution in [0.3, 0.4) is 0 Å². The van der Waals surface area contributed by atoms with Crippen LogP contribution in [0.2, 0.25) is 0 Å². The van der Waals surface area contributed by atoms with Crippen LogP contribution in [0.4, 0.5) is 10.1 Å². The van der Waals surface area contributed by atoms with Crippen molar-refractivity contribution in [1.82, 2.24) is 4.90 Å². The van der Waals surface area contributed by atoms with Gasteiger partial charge in [0.15, 0.2) is 0 Å². The summed E-state index contributed by atoms with van der Waals surface area (Å²) < 4.78 is 40.7. The first kappa shape index (κ1) is 20.0. The summed E-state index contributed by atoms with van der Waals surface area (Å²) in [6.07, 6.45) is 0. The van der Waals surface area contributed by atoms with Gasteiger partial charge in [-0.2, -0.15) is 0 Å². The van der Waals surface area contributed by atoms with Gasteiger partial charge in [-0.25, -0.2) is 12.8 Å². The first-order chi connectivity index (χ1) is 13.3. The van der Waals surface area contributed by atoms with E-state index in [1.54, 1.807) is 35.4 Å². The van der Waals surface area contributed by atoms with Crippen molar-refractivity contribution in [3.8, 4) is 0 Å². The third-order valence-electron chi connectivity index (χ3n) is 4.14. The molecule has 1 amide bonds. The van der Waals surface area contributed by atoms with Crippen LogP contribution in [0.1, 0.15) is 20.8 Å². The quantitative estimate of drug-likeness (QED) is 0.650. The molecule has 0 radical (unpaired) electrons. The van der Waals surface area contributed by atoms with Crippen LogP contribution in [0.5, 0.6) is 0 Å². The Balaban J connectivity index is 1.71. The summed E-state index contributed by atoms with van der Waals surface area (Å²) in [5, 5.41) is 1.96. The maximum absolute atomic E-state index is 13.4. The molecule has 1 aromatic heterocycles. The van der Waals surface area contributed by atoms with E-state index in [1.165, 1.54) is 31.2 Å². The second kappa shape index (κ2) is 8.12. The molecule has 0 unspecified atom stereocenters. The Morgan fingerprint density at radius 3 is 2.46 bits per heavy atom. The van der Waals surface area contributed by atoms with Crippen molar-refractivity contribution in [3.05, 3.63) is 81.8 Å². The number of carbonyl (C=O) groups excluding carboxylic acids is 1. The Morgan fingerprint density at radius 1 is 1.14 bits per heavy atom. The lowest BCUT2D eigenvalue weighted by Crippen LogP contribution is -2.25. The highest BCUT2D eigenvalue weighted by atomic mass is 32.2. The number of amides is 1. The Bertz CT molecular complexity index is 1080. The van der Waals surface area contributed by atoms with E-state index in [-0.39, 0.29) is 16.4 Å². The van der Waals surface area contributed by atoms with Crippen molar-refractivity contribution in [3.63, 3.8) is 0 Å². The number of carbonyl (C=O) groups is 1. The van der Waals surface area contributed by atoms with Gasteiger partial charge in [0, 0.05) is 23.2 Å². The lowest BCUT2D eigenvalue weighted by Gasteiger charge is -2.16. The number of benzene rings is 2. The van der Waals surface area contributed by atoms with Crippen molar-refractivity contribution in [2.45, 2.75) is 18.4 Å². The SMILES string of the molecule is Cc1cc(S(=O)(=O)Nc2ccc(C(=O)N(C)Cc3cccs3)cc2)ccc1F. The first-order valence-corrected chi connectivity index (χ1v) is 10.8. The molecular weight excluding hydrogens is 399 g/mol. The largest absolute Gasteiger partial charge is 0.337 e. The van der Waals surface area contributed by atoms with Crippen molar-refractivity contribution >= 4 is 33.0 Å². The molecule has 0 saturated heterocycles. The molecule has 2 aromatic carbocycles. The number of hydrogen-bond acceptors (Lipinski definition) is 4. The minimum Gasteiger partial charge on any atom is -0.337 e. The fourth-order valence-corrected chi connectivity index (χ4v) is 4.51. The normalized spacial score (nSPS) is 11.2. The number of nitrogens with one attached hydrogen (secondary N) is 1. The molecule has 8 heteroatoms. The van der Waals surface area contributed by atoms with Gasteiger partial charge in [0.1, 0.15) is 5.82 Å². The highest BCUT2D eigenvalue weighted by molar-refractivity contribution is 7.92. The average Bonchev–Trinajstić information content (AvgIpc) is 3.16. The molecule has 0 fully saturated rings. The molecule has 146 valence electrons. The van der Waals surface area contributed by atoms with Gasteiger partial charge < -0.3 is 4.90 Å². The number of anilines is 1. The van der Waals surface area contributed by atoms with Crippen molar-refractivity contribution in [2.75, 3.05) is 11.8 Å². The number of thiophene rings is 1. The number of nitrogens with zero attached hydrogens (tertiary/aromatic N) is 1. The van der Waals surface area contributed by atoms with Gasteiger partial charge in [0.05, 0.1) is 11.4 Å². The lowest BCUT2D eigenvalue weighted by molar-refractivity contribution is 0.0786. The van der Waals surface area contributed by atoms with E-state index in [4.69, 9.17) is 0 Å². The minimum absolute atomic E-state index is 0.0257. The van der Waals surface area contributed by atoms with E-state index in [0.717, 1.165) is 10.9 Å². The number of halogens is 1. The Labute approximate surface area is 167 Å². The third kappa shape index (κ3) is 4.58. The molecule has 1 heterocycles. The topological polar surface area (TPSA) is 66.5 Å². The average molecular weight is 419 g/mol. The van der Waals surface area contributed by atoms with Crippen LogP contribution in [-0.2, 0) is 16.6 Å². The molecule has 3 aromatic rings. The Morgan fingerprint density at radius 2 is 1.86 bits per heavy atom. The van der Waals surface area contributed by atoms with Crippen molar-refractivity contribution in [2.24, 2.45) is 0 Å². The number of rotatable bonds is 6. The molecule has 3 rings (SSSR count). The zero-order valence-corrected chi connectivity index (χ0v) is 17.0. The summed E-state index contributed by atoms with van der Waals surface area (Å²) in [5.74, 6) is -0.620. The molecule has 1 N–H and O–H groups in total. The highest BCUT2D eigenvalue weighted by Gasteiger charge is 2.17. The zero-order chi connectivity index (χ0) is 20.3. The second-order valence-corrected chi connectivity index (χ2v) is 9.05. The highest BCUT2D eigenvalue weighted by Crippen LogP contribution is 2.20. The van der Waals surface area contributed by atoms with E-state index >= 15 is 0 Å². The molecular formula is C20H19FN2O3S2. The molecule has 0 spiro atoms. The Hall–Kier alpha value is -2.71. The van der Waals surface area contributed by atoms with Crippen LogP contribution in [0.25, 0.3) is 0 Å². The molecule has 5 nitrogen and oxygen atoms in total. The van der Waals surface area contributed by atoms with Crippen molar-refractivity contribution < 1.29 is 17.6 Å². The van der Waals surface area contributed by atoms with E-state index < -0.39 is 15.8 Å². The van der Waals surface area contributed by atoms with Crippen LogP contribution in [0.15, 0.2) is 64.9 Å². The van der Waals surface area contributed by atoms with Gasteiger partial charge in [-0.3, -0.25) is 9.52 Å². The molecule has 28 heavy (non-hydrogen) atoms. The molecule has 0 aliphatic rings. The van der Waals surface area contributed by atoms with Crippen LogP contribution in [-0.4, -0.2) is 26.3 Å². The van der Waals surface area contributed by atoms with Gasteiger partial charge in [-0.15, -0.1) is 11.3 Å². The summed E-state index contributed by atoms with van der Waals surface area (Å²) in [6, 6.07) is 13.7. The molecule has 0 saturated carbocycles. The smallest absolute Gasteiger partial charge is 0.261 e. The van der Waals surface area contributed by atoms with Crippen molar-refractivity contribution in [1.29, 1.82) is 0 Å². The van der Waals surface area contributed by atoms with Crippen LogP contribution in [0, 0.1) is 12.7 Å².